The summed E-state index contributed by atoms with van der Waals surface area (Å²) in [4.78, 5) is 29.5. The number of carbonyl (C=O) groups excluding carboxylic acids is 2. The van der Waals surface area contributed by atoms with Crippen LogP contribution in [0.15, 0.2) is 71.3 Å². The van der Waals surface area contributed by atoms with Crippen molar-refractivity contribution in [1.82, 2.24) is 9.80 Å². The lowest BCUT2D eigenvalue weighted by Crippen LogP contribution is -2.42. The van der Waals surface area contributed by atoms with Gasteiger partial charge in [-0.25, -0.2) is 0 Å². The molecule has 0 aliphatic carbocycles. The summed E-state index contributed by atoms with van der Waals surface area (Å²) in [5, 5.41) is 3.48. The number of amides is 2. The molecular weight excluding hydrogens is 406 g/mol. The molecule has 2 aliphatic heterocycles. The smallest absolute Gasteiger partial charge is 0.260 e. The minimum atomic E-state index is -0.472. The molecule has 1 atom stereocenters. The van der Waals surface area contributed by atoms with Crippen molar-refractivity contribution in [3.63, 3.8) is 0 Å². The van der Waals surface area contributed by atoms with E-state index in [4.69, 9.17) is 9.15 Å². The Hall–Kier alpha value is -3.74. The number of nitrogens with one attached hydrogen (secondary N) is 1. The number of furan rings is 1. The van der Waals surface area contributed by atoms with E-state index < -0.39 is 6.17 Å². The van der Waals surface area contributed by atoms with Crippen LogP contribution in [0.25, 0.3) is 0 Å². The first-order valence-corrected chi connectivity index (χ1v) is 10.9. The van der Waals surface area contributed by atoms with Gasteiger partial charge in [0.25, 0.3) is 11.8 Å². The summed E-state index contributed by atoms with van der Waals surface area (Å²) in [6.45, 7) is 1.86. The lowest BCUT2D eigenvalue weighted by atomic mass is 10.0. The molecule has 1 N–H and O–H groups in total. The highest BCUT2D eigenvalue weighted by Crippen LogP contribution is 2.37. The monoisotopic (exact) mass is 431 g/mol. The maximum Gasteiger partial charge on any atom is 0.260 e. The van der Waals surface area contributed by atoms with Crippen molar-refractivity contribution < 1.29 is 18.7 Å². The average Bonchev–Trinajstić information content (AvgIpc) is 3.54. The SMILES string of the molecule is O=C(COc1ccccc1[C@@H]1Nc2ccccc2C(=O)N1Cc1ccco1)N1CCCC1. The molecule has 1 aromatic heterocycles. The number of fused-ring (bicyclic) bond motifs is 1. The highest BCUT2D eigenvalue weighted by molar-refractivity contribution is 6.01. The van der Waals surface area contributed by atoms with E-state index in [1.807, 2.05) is 59.5 Å². The summed E-state index contributed by atoms with van der Waals surface area (Å²) in [6.07, 6.45) is 3.21. The number of benzene rings is 2. The molecule has 164 valence electrons. The van der Waals surface area contributed by atoms with Gasteiger partial charge in [0.1, 0.15) is 17.7 Å². The van der Waals surface area contributed by atoms with Gasteiger partial charge in [-0.2, -0.15) is 0 Å². The van der Waals surface area contributed by atoms with Crippen LogP contribution < -0.4 is 10.1 Å². The van der Waals surface area contributed by atoms with Crippen molar-refractivity contribution in [3.8, 4) is 5.75 Å². The number of hydrogen-bond donors (Lipinski definition) is 1. The Kier molecular flexibility index (Phi) is 5.54. The Morgan fingerprint density at radius 3 is 2.62 bits per heavy atom. The summed E-state index contributed by atoms with van der Waals surface area (Å²) < 4.78 is 11.5. The Labute approximate surface area is 186 Å². The first-order chi connectivity index (χ1) is 15.7. The molecule has 1 fully saturated rings. The van der Waals surface area contributed by atoms with Gasteiger partial charge in [0.2, 0.25) is 0 Å². The third-order valence-corrected chi connectivity index (χ3v) is 5.95. The van der Waals surface area contributed by atoms with Crippen LogP contribution in [0.2, 0.25) is 0 Å². The van der Waals surface area contributed by atoms with Crippen molar-refractivity contribution in [3.05, 3.63) is 83.8 Å². The molecule has 3 aromatic rings. The van der Waals surface area contributed by atoms with Gasteiger partial charge in [-0.1, -0.05) is 30.3 Å². The van der Waals surface area contributed by atoms with E-state index in [-0.39, 0.29) is 18.4 Å². The van der Waals surface area contributed by atoms with Crippen LogP contribution in [-0.4, -0.2) is 41.3 Å². The van der Waals surface area contributed by atoms with Crippen molar-refractivity contribution in [2.24, 2.45) is 0 Å². The lowest BCUT2D eigenvalue weighted by molar-refractivity contribution is -0.132. The van der Waals surface area contributed by atoms with Crippen LogP contribution in [0.1, 0.15) is 40.7 Å². The standard InChI is InChI=1S/C25H25N3O4/c29-23(27-13-5-6-14-27)17-32-22-12-4-2-10-20(22)24-26-21-11-3-1-9-19(21)25(30)28(24)16-18-8-7-15-31-18/h1-4,7-12,15,24,26H,5-6,13-14,16-17H2/t24-/m1/s1. The van der Waals surface area contributed by atoms with Crippen LogP contribution in [0, 0.1) is 0 Å². The van der Waals surface area contributed by atoms with Gasteiger partial charge >= 0.3 is 0 Å². The molecule has 5 rings (SSSR count). The molecule has 1 saturated heterocycles. The second-order valence-corrected chi connectivity index (χ2v) is 8.02. The van der Waals surface area contributed by atoms with E-state index in [1.165, 1.54) is 0 Å². The number of hydrogen-bond acceptors (Lipinski definition) is 5. The predicted octanol–water partition coefficient (Wildman–Crippen LogP) is 4.05. The first kappa shape index (κ1) is 20.2. The molecule has 0 unspecified atom stereocenters. The molecule has 32 heavy (non-hydrogen) atoms. The van der Waals surface area contributed by atoms with E-state index in [0.717, 1.165) is 37.2 Å². The predicted molar refractivity (Wildman–Crippen MR) is 119 cm³/mol. The minimum Gasteiger partial charge on any atom is -0.483 e. The number of carbonyl (C=O) groups is 2. The molecule has 0 radical (unpaired) electrons. The van der Waals surface area contributed by atoms with Crippen LogP contribution in [-0.2, 0) is 11.3 Å². The Bertz CT molecular complexity index is 1110. The molecule has 7 heteroatoms. The topological polar surface area (TPSA) is 75.0 Å². The molecule has 2 aliphatic rings. The second-order valence-electron chi connectivity index (χ2n) is 8.02. The van der Waals surface area contributed by atoms with Gasteiger partial charge in [-0.05, 0) is 43.2 Å². The zero-order valence-electron chi connectivity index (χ0n) is 17.7. The summed E-state index contributed by atoms with van der Waals surface area (Å²) in [5.41, 5.74) is 2.16. The van der Waals surface area contributed by atoms with Crippen molar-refractivity contribution in [2.45, 2.75) is 25.6 Å². The average molecular weight is 431 g/mol. The molecule has 0 spiro atoms. The number of ether oxygens (including phenoxy) is 1. The van der Waals surface area contributed by atoms with Gasteiger partial charge < -0.3 is 24.3 Å². The fraction of sp³-hybridized carbons (Fsp3) is 0.280. The summed E-state index contributed by atoms with van der Waals surface area (Å²) in [7, 11) is 0. The van der Waals surface area contributed by atoms with Gasteiger partial charge in [-0.15, -0.1) is 0 Å². The van der Waals surface area contributed by atoms with Gasteiger partial charge in [0, 0.05) is 24.3 Å². The molecule has 2 aromatic carbocycles. The lowest BCUT2D eigenvalue weighted by Gasteiger charge is -2.38. The van der Waals surface area contributed by atoms with Crippen molar-refractivity contribution >= 4 is 17.5 Å². The zero-order valence-corrected chi connectivity index (χ0v) is 17.7. The van der Waals surface area contributed by atoms with Crippen LogP contribution in [0.5, 0.6) is 5.75 Å². The maximum atomic E-state index is 13.4. The third-order valence-electron chi connectivity index (χ3n) is 5.95. The summed E-state index contributed by atoms with van der Waals surface area (Å²) >= 11 is 0. The van der Waals surface area contributed by atoms with Crippen LogP contribution >= 0.6 is 0 Å². The van der Waals surface area contributed by atoms with E-state index in [9.17, 15) is 9.59 Å². The van der Waals surface area contributed by atoms with Gasteiger partial charge in [0.15, 0.2) is 6.61 Å². The highest BCUT2D eigenvalue weighted by atomic mass is 16.5. The number of anilines is 1. The van der Waals surface area contributed by atoms with Crippen LogP contribution in [0.4, 0.5) is 5.69 Å². The summed E-state index contributed by atoms with van der Waals surface area (Å²) in [5.74, 6) is 1.16. The number of nitrogens with zero attached hydrogens (tertiary/aromatic N) is 2. The second kappa shape index (κ2) is 8.78. The number of para-hydroxylation sites is 2. The number of likely N-dealkylation sites (tertiary alicyclic amines) is 1. The number of rotatable bonds is 6. The Balaban J connectivity index is 1.45. The molecule has 2 amide bonds. The first-order valence-electron chi connectivity index (χ1n) is 10.9. The van der Waals surface area contributed by atoms with Crippen molar-refractivity contribution in [2.75, 3.05) is 25.0 Å². The van der Waals surface area contributed by atoms with E-state index in [1.54, 1.807) is 17.2 Å². The van der Waals surface area contributed by atoms with Crippen molar-refractivity contribution in [1.29, 1.82) is 0 Å². The fourth-order valence-electron chi connectivity index (χ4n) is 4.31. The fourth-order valence-corrected chi connectivity index (χ4v) is 4.31. The molecule has 3 heterocycles. The zero-order chi connectivity index (χ0) is 21.9. The van der Waals surface area contributed by atoms with E-state index >= 15 is 0 Å². The molecular formula is C25H25N3O4. The van der Waals surface area contributed by atoms with Gasteiger partial charge in [0.05, 0.1) is 18.4 Å². The largest absolute Gasteiger partial charge is 0.483 e. The third kappa shape index (κ3) is 3.93. The molecule has 0 saturated carbocycles. The molecule has 7 nitrogen and oxygen atoms in total. The minimum absolute atomic E-state index is 0.0113. The summed E-state index contributed by atoms with van der Waals surface area (Å²) in [6, 6.07) is 18.6. The Morgan fingerprint density at radius 1 is 1.03 bits per heavy atom. The van der Waals surface area contributed by atoms with E-state index in [2.05, 4.69) is 5.32 Å². The van der Waals surface area contributed by atoms with Crippen LogP contribution in [0.3, 0.4) is 0 Å². The van der Waals surface area contributed by atoms with E-state index in [0.29, 0.717) is 23.6 Å². The Morgan fingerprint density at radius 2 is 1.81 bits per heavy atom. The maximum absolute atomic E-state index is 13.4. The quantitative estimate of drug-likeness (QED) is 0.637. The normalized spacial score (nSPS) is 17.8. The molecule has 0 bridgehead atoms. The van der Waals surface area contributed by atoms with Gasteiger partial charge in [-0.3, -0.25) is 9.59 Å². The highest BCUT2D eigenvalue weighted by Gasteiger charge is 2.35.